The average Bonchev–Trinajstić information content (AvgIpc) is 2.84. The molecule has 0 amide bonds. The molecule has 0 fully saturated rings. The first kappa shape index (κ1) is 27.3. The van der Waals surface area contributed by atoms with E-state index in [1.54, 1.807) is 32.6 Å². The van der Waals surface area contributed by atoms with Crippen molar-refractivity contribution in [2.75, 3.05) is 11.5 Å². The Hall–Kier alpha value is -4.27. The standard InChI is InChI=1S/C28H31N3O6/c1-5-36-26(32)24(27(33)37-28(2,3)4)22-16-17-23(31(34)35)25(29-22)30(18-20-12-8-6-9-13-20)19-21-14-10-7-11-15-21/h6-17,24H,5,18-19H2,1-4H3. The molecule has 9 nitrogen and oxygen atoms in total. The van der Waals surface area contributed by atoms with Crippen LogP contribution in [0.1, 0.15) is 50.4 Å². The lowest BCUT2D eigenvalue weighted by molar-refractivity contribution is -0.384. The van der Waals surface area contributed by atoms with Crippen molar-refractivity contribution in [3.8, 4) is 0 Å². The molecule has 1 atom stereocenters. The summed E-state index contributed by atoms with van der Waals surface area (Å²) < 4.78 is 10.6. The third-order valence-electron chi connectivity index (χ3n) is 5.27. The number of benzene rings is 2. The topological polar surface area (TPSA) is 112 Å². The molecular formula is C28H31N3O6. The molecule has 2 aromatic carbocycles. The summed E-state index contributed by atoms with van der Waals surface area (Å²) in [5.41, 5.74) is 0.725. The molecule has 0 aliphatic heterocycles. The number of esters is 2. The SMILES string of the molecule is CCOC(=O)C(C(=O)OC(C)(C)C)c1ccc([N+](=O)[O-])c(N(Cc2ccccc2)Cc2ccccc2)n1. The zero-order chi connectivity index (χ0) is 27.0. The van der Waals surface area contributed by atoms with E-state index < -0.39 is 28.4 Å². The molecule has 0 N–H and O–H groups in total. The zero-order valence-electron chi connectivity index (χ0n) is 21.4. The first-order valence-corrected chi connectivity index (χ1v) is 12.0. The van der Waals surface area contributed by atoms with Crippen LogP contribution in [-0.2, 0) is 32.2 Å². The van der Waals surface area contributed by atoms with Gasteiger partial charge in [0.25, 0.3) is 0 Å². The van der Waals surface area contributed by atoms with Gasteiger partial charge in [-0.3, -0.25) is 19.7 Å². The van der Waals surface area contributed by atoms with Gasteiger partial charge in [0.05, 0.1) is 17.2 Å². The Labute approximate surface area is 216 Å². The fraction of sp³-hybridized carbons (Fsp3) is 0.321. The molecule has 0 saturated carbocycles. The van der Waals surface area contributed by atoms with Crippen LogP contribution in [0.15, 0.2) is 72.8 Å². The van der Waals surface area contributed by atoms with Crippen molar-refractivity contribution in [2.24, 2.45) is 0 Å². The van der Waals surface area contributed by atoms with E-state index >= 15 is 0 Å². The van der Waals surface area contributed by atoms with E-state index in [0.29, 0.717) is 13.1 Å². The maximum Gasteiger partial charge on any atom is 0.327 e. The van der Waals surface area contributed by atoms with Crippen LogP contribution in [0.2, 0.25) is 0 Å². The Bertz CT molecular complexity index is 1180. The van der Waals surface area contributed by atoms with E-state index in [1.807, 2.05) is 60.7 Å². The summed E-state index contributed by atoms with van der Waals surface area (Å²) in [6.45, 7) is 7.34. The zero-order valence-corrected chi connectivity index (χ0v) is 21.4. The van der Waals surface area contributed by atoms with Crippen LogP contribution in [0.4, 0.5) is 11.5 Å². The van der Waals surface area contributed by atoms with Crippen molar-refractivity contribution in [3.05, 3.63) is 99.7 Å². The van der Waals surface area contributed by atoms with Gasteiger partial charge in [0.1, 0.15) is 5.60 Å². The van der Waals surface area contributed by atoms with Crippen LogP contribution < -0.4 is 4.90 Å². The summed E-state index contributed by atoms with van der Waals surface area (Å²) in [5, 5.41) is 12.0. The highest BCUT2D eigenvalue weighted by molar-refractivity contribution is 6.00. The van der Waals surface area contributed by atoms with Crippen LogP contribution in [0.3, 0.4) is 0 Å². The number of nitrogens with zero attached hydrogens (tertiary/aromatic N) is 3. The lowest BCUT2D eigenvalue weighted by Crippen LogP contribution is -2.33. The Balaban J connectivity index is 2.13. The first-order valence-electron chi connectivity index (χ1n) is 12.0. The molecular weight excluding hydrogens is 474 g/mol. The smallest absolute Gasteiger partial charge is 0.327 e. The van der Waals surface area contributed by atoms with Gasteiger partial charge in [0.15, 0.2) is 5.92 Å². The average molecular weight is 506 g/mol. The number of anilines is 1. The molecule has 0 spiro atoms. The van der Waals surface area contributed by atoms with Crippen molar-refractivity contribution in [3.63, 3.8) is 0 Å². The number of rotatable bonds is 10. The fourth-order valence-electron chi connectivity index (χ4n) is 3.73. The minimum atomic E-state index is -1.49. The molecule has 0 bridgehead atoms. The highest BCUT2D eigenvalue weighted by Gasteiger charge is 2.37. The normalized spacial score (nSPS) is 11.9. The first-order chi connectivity index (χ1) is 17.6. The maximum atomic E-state index is 13.0. The Morgan fingerprint density at radius 1 is 0.919 bits per heavy atom. The summed E-state index contributed by atoms with van der Waals surface area (Å²) in [4.78, 5) is 43.7. The molecule has 1 heterocycles. The van der Waals surface area contributed by atoms with Gasteiger partial charge < -0.3 is 14.4 Å². The number of pyridine rings is 1. The minimum absolute atomic E-state index is 0.0134. The van der Waals surface area contributed by atoms with Crippen LogP contribution in [0.5, 0.6) is 0 Å². The second-order valence-electron chi connectivity index (χ2n) is 9.38. The monoisotopic (exact) mass is 505 g/mol. The molecule has 194 valence electrons. The maximum absolute atomic E-state index is 13.0. The van der Waals surface area contributed by atoms with Crippen molar-refractivity contribution >= 4 is 23.4 Å². The van der Waals surface area contributed by atoms with Gasteiger partial charge in [0, 0.05) is 19.2 Å². The van der Waals surface area contributed by atoms with Crippen molar-refractivity contribution in [2.45, 2.75) is 52.3 Å². The fourth-order valence-corrected chi connectivity index (χ4v) is 3.73. The lowest BCUT2D eigenvalue weighted by atomic mass is 10.0. The van der Waals surface area contributed by atoms with Gasteiger partial charge in [-0.2, -0.15) is 0 Å². The van der Waals surface area contributed by atoms with Gasteiger partial charge >= 0.3 is 17.6 Å². The Morgan fingerprint density at radius 3 is 1.92 bits per heavy atom. The molecule has 0 aliphatic rings. The van der Waals surface area contributed by atoms with Crippen molar-refractivity contribution in [1.29, 1.82) is 0 Å². The molecule has 0 aliphatic carbocycles. The quantitative estimate of drug-likeness (QED) is 0.160. The van der Waals surface area contributed by atoms with Gasteiger partial charge in [0.2, 0.25) is 5.82 Å². The van der Waals surface area contributed by atoms with Crippen molar-refractivity contribution < 1.29 is 24.0 Å². The summed E-state index contributed by atoms with van der Waals surface area (Å²) in [5.74, 6) is -3.13. The molecule has 3 rings (SSSR count). The molecule has 9 heteroatoms. The summed E-state index contributed by atoms with van der Waals surface area (Å²) >= 11 is 0. The van der Waals surface area contributed by atoms with E-state index in [0.717, 1.165) is 11.1 Å². The van der Waals surface area contributed by atoms with E-state index in [4.69, 9.17) is 9.47 Å². The number of aromatic nitrogens is 1. The Morgan fingerprint density at radius 2 is 1.46 bits per heavy atom. The third-order valence-corrected chi connectivity index (χ3v) is 5.27. The summed E-state index contributed by atoms with van der Waals surface area (Å²) in [7, 11) is 0. The number of hydrogen-bond donors (Lipinski definition) is 0. The molecule has 3 aromatic rings. The molecule has 1 aromatic heterocycles. The highest BCUT2D eigenvalue weighted by Crippen LogP contribution is 2.32. The van der Waals surface area contributed by atoms with Crippen LogP contribution in [0.25, 0.3) is 0 Å². The lowest BCUT2D eigenvalue weighted by Gasteiger charge is -2.26. The molecule has 0 saturated heterocycles. The van der Waals surface area contributed by atoms with Gasteiger partial charge in [-0.25, -0.2) is 4.98 Å². The number of carbonyl (C=O) groups is 2. The molecule has 1 unspecified atom stereocenters. The van der Waals surface area contributed by atoms with Gasteiger partial charge in [-0.15, -0.1) is 0 Å². The third kappa shape index (κ3) is 7.60. The predicted octanol–water partition coefficient (Wildman–Crippen LogP) is 5.19. The van der Waals surface area contributed by atoms with Crippen molar-refractivity contribution in [1.82, 2.24) is 4.98 Å². The largest absolute Gasteiger partial charge is 0.465 e. The van der Waals surface area contributed by atoms with E-state index in [-0.39, 0.29) is 23.8 Å². The number of nitro groups is 1. The van der Waals surface area contributed by atoms with E-state index in [1.165, 1.54) is 12.1 Å². The van der Waals surface area contributed by atoms with Crippen LogP contribution in [-0.4, -0.2) is 34.1 Å². The highest BCUT2D eigenvalue weighted by atomic mass is 16.6. The number of ether oxygens (including phenoxy) is 2. The predicted molar refractivity (Wildman–Crippen MR) is 139 cm³/mol. The minimum Gasteiger partial charge on any atom is -0.465 e. The second-order valence-corrected chi connectivity index (χ2v) is 9.38. The summed E-state index contributed by atoms with van der Waals surface area (Å²) in [6.07, 6.45) is 0. The molecule has 0 radical (unpaired) electrons. The summed E-state index contributed by atoms with van der Waals surface area (Å²) in [6, 6.07) is 21.5. The number of hydrogen-bond acceptors (Lipinski definition) is 8. The van der Waals surface area contributed by atoms with Gasteiger partial charge in [-0.05, 0) is 44.9 Å². The molecule has 37 heavy (non-hydrogen) atoms. The number of carbonyl (C=O) groups excluding carboxylic acids is 2. The van der Waals surface area contributed by atoms with E-state index in [2.05, 4.69) is 4.98 Å². The van der Waals surface area contributed by atoms with Gasteiger partial charge in [-0.1, -0.05) is 60.7 Å². The Kier molecular flexibility index (Phi) is 8.95. The second kappa shape index (κ2) is 12.1. The van der Waals surface area contributed by atoms with Crippen LogP contribution in [0, 0.1) is 10.1 Å². The van der Waals surface area contributed by atoms with E-state index in [9.17, 15) is 19.7 Å². The van der Waals surface area contributed by atoms with Crippen LogP contribution >= 0.6 is 0 Å².